The smallest absolute Gasteiger partial charge is 0.251 e. The predicted octanol–water partition coefficient (Wildman–Crippen LogP) is 2.58. The summed E-state index contributed by atoms with van der Waals surface area (Å²) in [6, 6.07) is 6.82. The number of halogens is 1. The Kier molecular flexibility index (Phi) is 8.17. The van der Waals surface area contributed by atoms with Crippen molar-refractivity contribution in [3.05, 3.63) is 34.9 Å². The van der Waals surface area contributed by atoms with Gasteiger partial charge in [-0.15, -0.1) is 24.0 Å². The van der Waals surface area contributed by atoms with Gasteiger partial charge in [-0.05, 0) is 55.7 Å². The van der Waals surface area contributed by atoms with Crippen molar-refractivity contribution in [1.29, 1.82) is 0 Å². The third-order valence-electron chi connectivity index (χ3n) is 6.01. The first-order valence-electron chi connectivity index (χ1n) is 10.8. The van der Waals surface area contributed by atoms with E-state index < -0.39 is 0 Å². The second kappa shape index (κ2) is 10.6. The number of rotatable bonds is 4. The molecule has 0 aromatic heterocycles. The summed E-state index contributed by atoms with van der Waals surface area (Å²) in [6.45, 7) is 7.47. The molecule has 2 saturated heterocycles. The number of ether oxygens (including phenoxy) is 1. The molecule has 1 aromatic rings. The van der Waals surface area contributed by atoms with E-state index in [0.29, 0.717) is 6.54 Å². The molecule has 0 bridgehead atoms. The summed E-state index contributed by atoms with van der Waals surface area (Å²) in [5, 5.41) is 3.42. The number of nitrogens with one attached hydrogen (secondary N) is 1. The summed E-state index contributed by atoms with van der Waals surface area (Å²) >= 11 is 0. The van der Waals surface area contributed by atoms with Crippen LogP contribution in [0.15, 0.2) is 23.2 Å². The van der Waals surface area contributed by atoms with Crippen LogP contribution in [0.3, 0.4) is 0 Å². The van der Waals surface area contributed by atoms with Crippen molar-refractivity contribution in [1.82, 2.24) is 15.1 Å². The summed E-state index contributed by atoms with van der Waals surface area (Å²) in [7, 11) is 0. The fraction of sp³-hybridized carbons (Fsp3) is 0.636. The fourth-order valence-electron chi connectivity index (χ4n) is 4.43. The van der Waals surface area contributed by atoms with Gasteiger partial charge >= 0.3 is 0 Å². The molecule has 1 aromatic carbocycles. The molecule has 0 radical (unpaired) electrons. The number of aryl methyl sites for hydroxylation is 2. The Hall–Kier alpha value is -1.35. The minimum atomic E-state index is -0.215. The van der Waals surface area contributed by atoms with Gasteiger partial charge in [0.05, 0.1) is 6.54 Å². The number of amides is 1. The number of benzene rings is 1. The number of fused-ring (bicyclic) bond motifs is 1. The summed E-state index contributed by atoms with van der Waals surface area (Å²) in [5.74, 6) is 1.12. The Morgan fingerprint density at radius 2 is 1.90 bits per heavy atom. The molecular weight excluding hydrogens is 479 g/mol. The van der Waals surface area contributed by atoms with Crippen LogP contribution in [0, 0.1) is 0 Å². The lowest BCUT2D eigenvalue weighted by molar-refractivity contribution is -0.142. The molecular formula is C22H33IN4O2. The van der Waals surface area contributed by atoms with Crippen LogP contribution in [0.2, 0.25) is 0 Å². The second-order valence-electron chi connectivity index (χ2n) is 7.94. The molecule has 2 fully saturated rings. The van der Waals surface area contributed by atoms with Crippen LogP contribution in [0.5, 0.6) is 0 Å². The summed E-state index contributed by atoms with van der Waals surface area (Å²) in [4.78, 5) is 21.7. The van der Waals surface area contributed by atoms with Gasteiger partial charge in [0.1, 0.15) is 6.10 Å². The van der Waals surface area contributed by atoms with Crippen LogP contribution in [0.25, 0.3) is 0 Å². The van der Waals surface area contributed by atoms with E-state index in [1.807, 2.05) is 4.90 Å². The normalized spacial score (nSPS) is 21.7. The molecule has 2 heterocycles. The van der Waals surface area contributed by atoms with E-state index >= 15 is 0 Å². The Labute approximate surface area is 191 Å². The van der Waals surface area contributed by atoms with Gasteiger partial charge in [-0.1, -0.05) is 18.2 Å². The summed E-state index contributed by atoms with van der Waals surface area (Å²) in [5.41, 5.74) is 4.29. The zero-order valence-electron chi connectivity index (χ0n) is 17.4. The van der Waals surface area contributed by atoms with Gasteiger partial charge < -0.3 is 19.9 Å². The molecule has 6 nitrogen and oxygen atoms in total. The van der Waals surface area contributed by atoms with Crippen LogP contribution >= 0.6 is 24.0 Å². The number of nitrogens with zero attached hydrogens (tertiary/aromatic N) is 3. The average molecular weight is 512 g/mol. The number of piperazine rings is 1. The highest BCUT2D eigenvalue weighted by Crippen LogP contribution is 2.23. The van der Waals surface area contributed by atoms with Crippen molar-refractivity contribution in [3.63, 3.8) is 0 Å². The number of carbonyl (C=O) groups is 1. The molecule has 3 aliphatic rings. The molecule has 0 saturated carbocycles. The SMILES string of the molecule is CCNC(=NCc1ccc2c(c1)CCC2)N1CCN(C(=O)C2CCCO2)CC1.I. The van der Waals surface area contributed by atoms with Gasteiger partial charge in [-0.2, -0.15) is 0 Å². The lowest BCUT2D eigenvalue weighted by Crippen LogP contribution is -2.55. The standard InChI is InChI=1S/C22H32N4O2.HI/c1-2-23-22(24-16-17-8-9-18-5-3-6-19(18)15-17)26-12-10-25(11-13-26)21(27)20-7-4-14-28-20;/h8-9,15,20H,2-7,10-14,16H2,1H3,(H,23,24);1H. The number of guanidine groups is 1. The first-order valence-corrected chi connectivity index (χ1v) is 10.8. The highest BCUT2D eigenvalue weighted by atomic mass is 127. The molecule has 1 N–H and O–H groups in total. The quantitative estimate of drug-likeness (QED) is 0.383. The van der Waals surface area contributed by atoms with Gasteiger partial charge in [-0.3, -0.25) is 4.79 Å². The molecule has 7 heteroatoms. The van der Waals surface area contributed by atoms with Crippen molar-refractivity contribution in [2.75, 3.05) is 39.3 Å². The monoisotopic (exact) mass is 512 g/mol. The summed E-state index contributed by atoms with van der Waals surface area (Å²) < 4.78 is 5.56. The van der Waals surface area contributed by atoms with Gasteiger partial charge in [0, 0.05) is 39.3 Å². The zero-order valence-corrected chi connectivity index (χ0v) is 19.7. The summed E-state index contributed by atoms with van der Waals surface area (Å²) in [6.07, 6.45) is 5.34. The minimum Gasteiger partial charge on any atom is -0.368 e. The average Bonchev–Trinajstić information content (AvgIpc) is 3.42. The Bertz CT molecular complexity index is 726. The van der Waals surface area contributed by atoms with Crippen LogP contribution in [-0.4, -0.2) is 67.1 Å². The molecule has 1 atom stereocenters. The van der Waals surface area contributed by atoms with Gasteiger partial charge in [0.25, 0.3) is 5.91 Å². The van der Waals surface area contributed by atoms with Crippen LogP contribution in [0.1, 0.15) is 42.9 Å². The topological polar surface area (TPSA) is 57.2 Å². The third kappa shape index (κ3) is 5.42. The lowest BCUT2D eigenvalue weighted by Gasteiger charge is -2.37. The van der Waals surface area contributed by atoms with Crippen LogP contribution in [0.4, 0.5) is 0 Å². The molecule has 29 heavy (non-hydrogen) atoms. The molecule has 2 aliphatic heterocycles. The van der Waals surface area contributed by atoms with Gasteiger partial charge in [0.15, 0.2) is 5.96 Å². The highest BCUT2D eigenvalue weighted by Gasteiger charge is 2.30. The maximum Gasteiger partial charge on any atom is 0.251 e. The van der Waals surface area contributed by atoms with Crippen molar-refractivity contribution >= 4 is 35.8 Å². The van der Waals surface area contributed by atoms with E-state index in [1.54, 1.807) is 0 Å². The number of hydrogen-bond donors (Lipinski definition) is 1. The first kappa shape index (κ1) is 22.3. The van der Waals surface area contributed by atoms with Crippen LogP contribution < -0.4 is 5.32 Å². The predicted molar refractivity (Wildman–Crippen MR) is 126 cm³/mol. The molecule has 4 rings (SSSR count). The minimum absolute atomic E-state index is 0. The van der Waals surface area contributed by atoms with Crippen molar-refractivity contribution in [2.24, 2.45) is 4.99 Å². The first-order chi connectivity index (χ1) is 13.7. The van der Waals surface area contributed by atoms with E-state index in [0.717, 1.165) is 58.1 Å². The van der Waals surface area contributed by atoms with Gasteiger partial charge in [-0.25, -0.2) is 4.99 Å². The fourth-order valence-corrected chi connectivity index (χ4v) is 4.43. The zero-order chi connectivity index (χ0) is 19.3. The molecule has 1 unspecified atom stereocenters. The molecule has 160 valence electrons. The maximum atomic E-state index is 12.5. The van der Waals surface area contributed by atoms with Gasteiger partial charge in [0.2, 0.25) is 0 Å². The van der Waals surface area contributed by atoms with E-state index in [2.05, 4.69) is 35.3 Å². The van der Waals surface area contributed by atoms with E-state index in [4.69, 9.17) is 9.73 Å². The van der Waals surface area contributed by atoms with E-state index in [-0.39, 0.29) is 36.0 Å². The van der Waals surface area contributed by atoms with E-state index in [1.165, 1.54) is 36.0 Å². The van der Waals surface area contributed by atoms with Crippen molar-refractivity contribution < 1.29 is 9.53 Å². The third-order valence-corrected chi connectivity index (χ3v) is 6.01. The maximum absolute atomic E-state index is 12.5. The lowest BCUT2D eigenvalue weighted by atomic mass is 10.1. The van der Waals surface area contributed by atoms with Crippen LogP contribution in [-0.2, 0) is 28.9 Å². The number of aliphatic imine (C=N–C) groups is 1. The highest BCUT2D eigenvalue weighted by molar-refractivity contribution is 14.0. The largest absolute Gasteiger partial charge is 0.368 e. The number of hydrogen-bond acceptors (Lipinski definition) is 3. The molecule has 1 amide bonds. The Balaban J connectivity index is 0.00000240. The van der Waals surface area contributed by atoms with Crippen molar-refractivity contribution in [3.8, 4) is 0 Å². The molecule has 0 spiro atoms. The Morgan fingerprint density at radius 1 is 1.14 bits per heavy atom. The number of carbonyl (C=O) groups excluding carboxylic acids is 1. The van der Waals surface area contributed by atoms with E-state index in [9.17, 15) is 4.79 Å². The second-order valence-corrected chi connectivity index (χ2v) is 7.94. The Morgan fingerprint density at radius 3 is 2.62 bits per heavy atom. The molecule has 1 aliphatic carbocycles. The van der Waals surface area contributed by atoms with Crippen molar-refractivity contribution in [2.45, 2.75) is 51.7 Å².